The number of hydrogen-bond acceptors (Lipinski definition) is 11. The summed E-state index contributed by atoms with van der Waals surface area (Å²) < 4.78 is 53.6. The molecule has 14 N–H and O–H groups in total. The van der Waals surface area contributed by atoms with Crippen molar-refractivity contribution in [2.24, 2.45) is 33.3 Å². The summed E-state index contributed by atoms with van der Waals surface area (Å²) in [5.74, 6) is 5.25. The van der Waals surface area contributed by atoms with Crippen LogP contribution in [0.25, 0.3) is 22.2 Å². The molecule has 3 rings (SSSR count). The number of hydrogen-bond donors (Lipinski definition) is 9. The number of aromatic amines is 1. The zero-order chi connectivity index (χ0) is 26.0. The Morgan fingerprint density at radius 2 is 1.86 bits per heavy atom. The number of nitrogens with two attached hydrogens (primary N) is 5. The van der Waals surface area contributed by atoms with Gasteiger partial charge in [0, 0.05) is 24.2 Å². The number of H-pyrrole nitrogens is 1. The van der Waals surface area contributed by atoms with Crippen LogP contribution in [-0.2, 0) is 26.6 Å². The van der Waals surface area contributed by atoms with Crippen molar-refractivity contribution in [1.29, 1.82) is 0 Å². The van der Waals surface area contributed by atoms with Crippen LogP contribution in [0.2, 0.25) is 0 Å². The first-order valence-corrected chi connectivity index (χ1v) is 13.0. The predicted molar refractivity (Wildman–Crippen MR) is 129 cm³/mol. The molecule has 17 heteroatoms. The highest BCUT2D eigenvalue weighted by molar-refractivity contribution is 7.92. The van der Waals surface area contributed by atoms with Crippen LogP contribution in [0.15, 0.2) is 45.2 Å². The van der Waals surface area contributed by atoms with Gasteiger partial charge in [0.05, 0.1) is 23.7 Å². The molecule has 0 bridgehead atoms. The zero-order valence-electron chi connectivity index (χ0n) is 18.3. The Balaban J connectivity index is 2.41. The van der Waals surface area contributed by atoms with Crippen molar-refractivity contribution in [3.05, 3.63) is 41.7 Å². The fourth-order valence-electron chi connectivity index (χ4n) is 3.43. The van der Waals surface area contributed by atoms with Crippen molar-refractivity contribution in [2.75, 3.05) is 13.1 Å². The molecule has 0 fully saturated rings. The SMILES string of the molecule is NCc1nc2c(-c3ccc(S(=O)(=O)NC[C@@H](O)CN)c(S(N)(=O)=O)c3/C(N)=N/NN)cccc2[nH]1. The Labute approximate surface area is 200 Å². The molecule has 2 aromatic carbocycles. The van der Waals surface area contributed by atoms with Crippen LogP contribution in [0.5, 0.6) is 0 Å². The second-order valence-electron chi connectivity index (χ2n) is 7.32. The van der Waals surface area contributed by atoms with Gasteiger partial charge >= 0.3 is 0 Å². The Bertz CT molecular complexity index is 1480. The first kappa shape index (κ1) is 26.4. The third kappa shape index (κ3) is 5.41. The number of benzene rings is 2. The summed E-state index contributed by atoms with van der Waals surface area (Å²) in [6.07, 6.45) is -1.21. The van der Waals surface area contributed by atoms with E-state index in [0.29, 0.717) is 22.4 Å². The average molecular weight is 527 g/mol. The predicted octanol–water partition coefficient (Wildman–Crippen LogP) is -2.98. The van der Waals surface area contributed by atoms with Gasteiger partial charge in [0.2, 0.25) is 20.0 Å². The molecule has 0 unspecified atom stereocenters. The van der Waals surface area contributed by atoms with E-state index in [1.165, 1.54) is 6.07 Å². The fraction of sp³-hybridized carbons (Fsp3) is 0.222. The van der Waals surface area contributed by atoms with E-state index >= 15 is 0 Å². The standard InChI is InChI=1S/C18H26N10O5S2/c19-6-9(29)8-24-35(32,33)13-5-4-10(15(18(21)27-28-22)17(13)34(23,30)31)11-2-1-3-12-16(11)26-14(7-20)25-12/h1-5,9,24,28-29H,6-8,19-20,22H2,(H2,21,27)(H,25,26)(H2,23,30,31)/t9-/m0/s1. The van der Waals surface area contributed by atoms with Crippen LogP contribution in [-0.4, -0.2) is 56.9 Å². The average Bonchev–Trinajstić information content (AvgIpc) is 3.25. The number of hydrazone groups is 1. The molecule has 0 spiro atoms. The molecule has 15 nitrogen and oxygen atoms in total. The van der Waals surface area contributed by atoms with E-state index < -0.39 is 48.3 Å². The molecule has 35 heavy (non-hydrogen) atoms. The third-order valence-corrected chi connectivity index (χ3v) is 7.55. The molecule has 1 aromatic heterocycles. The van der Waals surface area contributed by atoms with Gasteiger partial charge in [-0.2, -0.15) is 0 Å². The molecule has 1 atom stereocenters. The van der Waals surface area contributed by atoms with Crippen molar-refractivity contribution >= 4 is 36.9 Å². The first-order valence-electron chi connectivity index (χ1n) is 9.99. The van der Waals surface area contributed by atoms with E-state index in [1.807, 2.05) is 5.53 Å². The van der Waals surface area contributed by atoms with Gasteiger partial charge in [-0.15, -0.1) is 5.10 Å². The summed E-state index contributed by atoms with van der Waals surface area (Å²) in [4.78, 5) is 5.91. The van der Waals surface area contributed by atoms with E-state index in [4.69, 9.17) is 28.2 Å². The van der Waals surface area contributed by atoms with Crippen LogP contribution in [0.4, 0.5) is 0 Å². The Hall–Kier alpha value is -3.16. The second-order valence-corrected chi connectivity index (χ2v) is 10.6. The number of imidazole rings is 1. The fourth-order valence-corrected chi connectivity index (χ4v) is 6.11. The summed E-state index contributed by atoms with van der Waals surface area (Å²) >= 11 is 0. The van der Waals surface area contributed by atoms with E-state index in [2.05, 4.69) is 19.8 Å². The van der Waals surface area contributed by atoms with Gasteiger partial charge in [-0.25, -0.2) is 43.1 Å². The van der Waals surface area contributed by atoms with Crippen molar-refractivity contribution in [3.63, 3.8) is 0 Å². The number of hydrazine groups is 1. The summed E-state index contributed by atoms with van der Waals surface area (Å²) in [5.41, 5.74) is 20.2. The minimum absolute atomic E-state index is 0.113. The number of fused-ring (bicyclic) bond motifs is 1. The third-order valence-electron chi connectivity index (χ3n) is 4.96. The lowest BCUT2D eigenvalue weighted by atomic mass is 9.97. The highest BCUT2D eigenvalue weighted by Gasteiger charge is 2.32. The molecule has 0 saturated carbocycles. The maximum absolute atomic E-state index is 13.0. The largest absolute Gasteiger partial charge is 0.390 e. The van der Waals surface area contributed by atoms with Gasteiger partial charge in [-0.1, -0.05) is 18.2 Å². The topological polar surface area (TPSA) is 284 Å². The van der Waals surface area contributed by atoms with E-state index in [-0.39, 0.29) is 24.2 Å². The van der Waals surface area contributed by atoms with Gasteiger partial charge in [0.25, 0.3) is 0 Å². The number of para-hydroxylation sites is 1. The van der Waals surface area contributed by atoms with E-state index in [0.717, 1.165) is 6.07 Å². The van der Waals surface area contributed by atoms with Crippen LogP contribution >= 0.6 is 0 Å². The number of nitrogens with zero attached hydrogens (tertiary/aromatic N) is 2. The summed E-state index contributed by atoms with van der Waals surface area (Å²) in [5, 5.41) is 18.8. The minimum Gasteiger partial charge on any atom is -0.390 e. The highest BCUT2D eigenvalue weighted by atomic mass is 32.2. The Kier molecular flexibility index (Phi) is 7.72. The molecule has 0 saturated heterocycles. The van der Waals surface area contributed by atoms with Gasteiger partial charge in [0.15, 0.2) is 5.84 Å². The Morgan fingerprint density at radius 3 is 2.46 bits per heavy atom. The number of aliphatic hydroxyl groups is 1. The zero-order valence-corrected chi connectivity index (χ0v) is 19.9. The summed E-state index contributed by atoms with van der Waals surface area (Å²) in [7, 11) is -9.24. The van der Waals surface area contributed by atoms with Crippen molar-refractivity contribution in [3.8, 4) is 11.1 Å². The molecule has 0 aliphatic rings. The van der Waals surface area contributed by atoms with Gasteiger partial charge in [-0.05, 0) is 17.7 Å². The number of rotatable bonds is 10. The number of nitrogens with one attached hydrogen (secondary N) is 3. The van der Waals surface area contributed by atoms with Crippen molar-refractivity contribution in [2.45, 2.75) is 22.4 Å². The highest BCUT2D eigenvalue weighted by Crippen LogP contribution is 2.36. The lowest BCUT2D eigenvalue weighted by molar-refractivity contribution is 0.186. The molecule has 0 amide bonds. The van der Waals surface area contributed by atoms with Crippen LogP contribution in [0, 0.1) is 0 Å². The number of amidine groups is 1. The van der Waals surface area contributed by atoms with E-state index in [9.17, 15) is 21.9 Å². The number of primary sulfonamides is 1. The van der Waals surface area contributed by atoms with Crippen molar-refractivity contribution < 1.29 is 21.9 Å². The number of aliphatic hydroxyl groups excluding tert-OH is 1. The Morgan fingerprint density at radius 1 is 1.14 bits per heavy atom. The number of aromatic nitrogens is 2. The molecule has 1 heterocycles. The quantitative estimate of drug-likeness (QED) is 0.0555. The van der Waals surface area contributed by atoms with Gasteiger partial charge in [-0.3, -0.25) is 0 Å². The number of sulfonamides is 2. The molecular weight excluding hydrogens is 500 g/mol. The molecule has 0 radical (unpaired) electrons. The molecule has 0 aliphatic heterocycles. The van der Waals surface area contributed by atoms with Gasteiger partial charge in [0.1, 0.15) is 15.6 Å². The molecule has 3 aromatic rings. The normalized spacial score (nSPS) is 13.8. The second kappa shape index (κ2) is 10.2. The summed E-state index contributed by atoms with van der Waals surface area (Å²) in [6, 6.07) is 7.42. The van der Waals surface area contributed by atoms with Crippen LogP contribution in [0.1, 0.15) is 11.4 Å². The smallest absolute Gasteiger partial charge is 0.242 e. The van der Waals surface area contributed by atoms with E-state index in [1.54, 1.807) is 18.2 Å². The van der Waals surface area contributed by atoms with Gasteiger partial charge < -0.3 is 27.3 Å². The maximum atomic E-state index is 13.0. The van der Waals surface area contributed by atoms with Crippen LogP contribution < -0.4 is 38.4 Å². The maximum Gasteiger partial charge on any atom is 0.242 e. The summed E-state index contributed by atoms with van der Waals surface area (Å²) in [6.45, 7) is -0.584. The minimum atomic E-state index is -4.72. The molecule has 190 valence electrons. The lowest BCUT2D eigenvalue weighted by Gasteiger charge is -2.18. The first-order chi connectivity index (χ1) is 16.4. The lowest BCUT2D eigenvalue weighted by Crippen LogP contribution is -2.37. The van der Waals surface area contributed by atoms with Crippen LogP contribution in [0.3, 0.4) is 0 Å². The monoisotopic (exact) mass is 526 g/mol. The molecular formula is C18H26N10O5S2. The molecule has 0 aliphatic carbocycles. The van der Waals surface area contributed by atoms with Crippen molar-refractivity contribution in [1.82, 2.24) is 20.2 Å².